The molecule has 0 amide bonds. The summed E-state index contributed by atoms with van der Waals surface area (Å²) in [5.74, 6) is 0.808. The molecule has 1 fully saturated rings. The zero-order valence-corrected chi connectivity index (χ0v) is 10.2. The lowest BCUT2D eigenvalue weighted by Crippen LogP contribution is -2.23. The minimum atomic E-state index is 0.485. The molecule has 1 N–H and O–H groups in total. The fraction of sp³-hybridized carbons (Fsp3) is 0.400. The first-order valence-electron chi connectivity index (χ1n) is 6.46. The Morgan fingerprint density at radius 3 is 2.88 bits per heavy atom. The maximum Gasteiger partial charge on any atom is 0.0370 e. The van der Waals surface area contributed by atoms with Gasteiger partial charge in [-0.15, -0.1) is 0 Å². The normalized spacial score (nSPS) is 17.2. The molecular weight excluding hydrogens is 208 g/mol. The fourth-order valence-electron chi connectivity index (χ4n) is 2.57. The van der Waals surface area contributed by atoms with E-state index in [2.05, 4.69) is 41.5 Å². The third kappa shape index (κ3) is 2.05. The third-order valence-electron chi connectivity index (χ3n) is 3.55. The molecule has 0 saturated heterocycles. The van der Waals surface area contributed by atoms with Gasteiger partial charge in [-0.2, -0.15) is 0 Å². The second-order valence-corrected chi connectivity index (χ2v) is 4.82. The molecule has 3 rings (SSSR count). The molecule has 1 aliphatic rings. The number of hydrogen-bond acceptors (Lipinski definition) is 2. The minimum Gasteiger partial charge on any atom is -0.310 e. The number of nitrogens with one attached hydrogen (secondary N) is 1. The van der Waals surface area contributed by atoms with Gasteiger partial charge < -0.3 is 5.32 Å². The third-order valence-corrected chi connectivity index (χ3v) is 3.55. The zero-order chi connectivity index (χ0) is 11.7. The predicted molar refractivity (Wildman–Crippen MR) is 70.9 cm³/mol. The highest BCUT2D eigenvalue weighted by Crippen LogP contribution is 2.42. The van der Waals surface area contributed by atoms with Gasteiger partial charge in [-0.25, -0.2) is 0 Å². The Morgan fingerprint density at radius 2 is 2.12 bits per heavy atom. The van der Waals surface area contributed by atoms with Gasteiger partial charge in [0.25, 0.3) is 0 Å². The summed E-state index contributed by atoms with van der Waals surface area (Å²) in [5, 5.41) is 6.20. The summed E-state index contributed by atoms with van der Waals surface area (Å²) < 4.78 is 0. The van der Waals surface area contributed by atoms with Gasteiger partial charge in [0.1, 0.15) is 0 Å². The smallest absolute Gasteiger partial charge is 0.0370 e. The van der Waals surface area contributed by atoms with E-state index >= 15 is 0 Å². The Labute approximate surface area is 102 Å². The Hall–Kier alpha value is -1.41. The standard InChI is InChI=1S/C15H18N2/c1-2-17-15(11-7-8-11)14-10-16-9-12-5-3-4-6-13(12)14/h3-6,9-11,15,17H,2,7-8H2,1H3. The maximum atomic E-state index is 4.39. The van der Waals surface area contributed by atoms with Crippen LogP contribution in [0.15, 0.2) is 36.7 Å². The zero-order valence-electron chi connectivity index (χ0n) is 10.2. The molecule has 0 bridgehead atoms. The first-order chi connectivity index (χ1) is 8.40. The van der Waals surface area contributed by atoms with Gasteiger partial charge in [-0.3, -0.25) is 4.98 Å². The quantitative estimate of drug-likeness (QED) is 0.865. The molecule has 1 unspecified atom stereocenters. The van der Waals surface area contributed by atoms with E-state index in [1.807, 2.05) is 12.4 Å². The molecular formula is C15H18N2. The van der Waals surface area contributed by atoms with Gasteiger partial charge in [-0.1, -0.05) is 31.2 Å². The summed E-state index contributed by atoms with van der Waals surface area (Å²) in [6.45, 7) is 3.19. The number of aromatic nitrogens is 1. The molecule has 2 nitrogen and oxygen atoms in total. The van der Waals surface area contributed by atoms with Crippen molar-refractivity contribution in [2.45, 2.75) is 25.8 Å². The number of hydrogen-bond donors (Lipinski definition) is 1. The summed E-state index contributed by atoms with van der Waals surface area (Å²) >= 11 is 0. The SMILES string of the molecule is CCNC(c1cncc2ccccc12)C1CC1. The van der Waals surface area contributed by atoms with Crippen LogP contribution in [0.3, 0.4) is 0 Å². The highest BCUT2D eigenvalue weighted by atomic mass is 14.9. The topological polar surface area (TPSA) is 24.9 Å². The second-order valence-electron chi connectivity index (χ2n) is 4.82. The van der Waals surface area contributed by atoms with E-state index in [1.165, 1.54) is 29.2 Å². The molecule has 0 spiro atoms. The van der Waals surface area contributed by atoms with Crippen molar-refractivity contribution in [3.63, 3.8) is 0 Å². The van der Waals surface area contributed by atoms with Crippen LogP contribution < -0.4 is 5.32 Å². The van der Waals surface area contributed by atoms with Crippen LogP contribution in [0.1, 0.15) is 31.4 Å². The van der Waals surface area contributed by atoms with Crippen molar-refractivity contribution in [3.05, 3.63) is 42.2 Å². The van der Waals surface area contributed by atoms with Gasteiger partial charge in [0, 0.05) is 23.8 Å². The molecule has 2 heteroatoms. The van der Waals surface area contributed by atoms with Crippen molar-refractivity contribution in [1.82, 2.24) is 10.3 Å². The molecule has 1 atom stereocenters. The molecule has 1 aromatic carbocycles. The van der Waals surface area contributed by atoms with E-state index in [1.54, 1.807) is 0 Å². The minimum absolute atomic E-state index is 0.485. The second kappa shape index (κ2) is 4.46. The Balaban J connectivity index is 2.08. The Bertz CT molecular complexity index is 512. The lowest BCUT2D eigenvalue weighted by atomic mass is 9.98. The highest BCUT2D eigenvalue weighted by molar-refractivity contribution is 5.85. The number of pyridine rings is 1. The van der Waals surface area contributed by atoms with Crippen LogP contribution >= 0.6 is 0 Å². The summed E-state index contributed by atoms with van der Waals surface area (Å²) in [6, 6.07) is 9.02. The molecule has 1 saturated carbocycles. The first kappa shape index (κ1) is 10.7. The molecule has 0 radical (unpaired) electrons. The fourth-order valence-corrected chi connectivity index (χ4v) is 2.57. The van der Waals surface area contributed by atoms with Gasteiger partial charge in [0.2, 0.25) is 0 Å². The number of rotatable bonds is 4. The van der Waals surface area contributed by atoms with E-state index in [-0.39, 0.29) is 0 Å². The molecule has 17 heavy (non-hydrogen) atoms. The van der Waals surface area contributed by atoms with Crippen molar-refractivity contribution in [2.75, 3.05) is 6.54 Å². The van der Waals surface area contributed by atoms with Crippen LogP contribution in [-0.2, 0) is 0 Å². The summed E-state index contributed by atoms with van der Waals surface area (Å²) in [5.41, 5.74) is 1.37. The van der Waals surface area contributed by atoms with Crippen LogP contribution in [0, 0.1) is 5.92 Å². The van der Waals surface area contributed by atoms with Gasteiger partial charge in [0.05, 0.1) is 0 Å². The average molecular weight is 226 g/mol. The summed E-state index contributed by atoms with van der Waals surface area (Å²) in [4.78, 5) is 4.39. The van der Waals surface area contributed by atoms with Crippen molar-refractivity contribution in [1.29, 1.82) is 0 Å². The summed E-state index contributed by atoms with van der Waals surface area (Å²) in [7, 11) is 0. The number of fused-ring (bicyclic) bond motifs is 1. The van der Waals surface area contributed by atoms with Gasteiger partial charge in [-0.05, 0) is 36.3 Å². The Kier molecular flexibility index (Phi) is 2.81. The lowest BCUT2D eigenvalue weighted by Gasteiger charge is -2.19. The van der Waals surface area contributed by atoms with Crippen molar-refractivity contribution < 1.29 is 0 Å². The van der Waals surface area contributed by atoms with E-state index in [9.17, 15) is 0 Å². The van der Waals surface area contributed by atoms with Crippen LogP contribution in [-0.4, -0.2) is 11.5 Å². The highest BCUT2D eigenvalue weighted by Gasteiger charge is 2.32. The maximum absolute atomic E-state index is 4.39. The molecule has 2 aromatic rings. The molecule has 1 heterocycles. The molecule has 88 valence electrons. The number of benzene rings is 1. The largest absolute Gasteiger partial charge is 0.310 e. The summed E-state index contributed by atoms with van der Waals surface area (Å²) in [6.07, 6.45) is 6.69. The van der Waals surface area contributed by atoms with Gasteiger partial charge >= 0.3 is 0 Å². The van der Waals surface area contributed by atoms with Crippen LogP contribution in [0.4, 0.5) is 0 Å². The monoisotopic (exact) mass is 226 g/mol. The first-order valence-corrected chi connectivity index (χ1v) is 6.46. The van der Waals surface area contributed by atoms with Crippen molar-refractivity contribution >= 4 is 10.8 Å². The van der Waals surface area contributed by atoms with Crippen LogP contribution in [0.5, 0.6) is 0 Å². The Morgan fingerprint density at radius 1 is 1.29 bits per heavy atom. The number of nitrogens with zero attached hydrogens (tertiary/aromatic N) is 1. The molecule has 1 aromatic heterocycles. The van der Waals surface area contributed by atoms with E-state index in [0.29, 0.717) is 6.04 Å². The molecule has 1 aliphatic carbocycles. The van der Waals surface area contributed by atoms with Crippen molar-refractivity contribution in [3.8, 4) is 0 Å². The average Bonchev–Trinajstić information content (AvgIpc) is 3.20. The van der Waals surface area contributed by atoms with Crippen molar-refractivity contribution in [2.24, 2.45) is 5.92 Å². The molecule has 0 aliphatic heterocycles. The van der Waals surface area contributed by atoms with Gasteiger partial charge in [0.15, 0.2) is 0 Å². The van der Waals surface area contributed by atoms with Crippen LogP contribution in [0.25, 0.3) is 10.8 Å². The lowest BCUT2D eigenvalue weighted by molar-refractivity contribution is 0.498. The van der Waals surface area contributed by atoms with E-state index < -0.39 is 0 Å². The van der Waals surface area contributed by atoms with E-state index in [0.717, 1.165) is 12.5 Å². The van der Waals surface area contributed by atoms with Crippen LogP contribution in [0.2, 0.25) is 0 Å². The predicted octanol–water partition coefficient (Wildman–Crippen LogP) is 3.30. The van der Waals surface area contributed by atoms with E-state index in [4.69, 9.17) is 0 Å².